The molecule has 28 heavy (non-hydrogen) atoms. The Bertz CT molecular complexity index is 1050. The highest BCUT2D eigenvalue weighted by molar-refractivity contribution is 9.10. The van der Waals surface area contributed by atoms with Crippen molar-refractivity contribution in [1.82, 2.24) is 4.98 Å². The molecular formula is C17H7BrCl3F3N2OS. The molecule has 3 rings (SSSR count). The molecule has 3 nitrogen and oxygen atoms in total. The lowest BCUT2D eigenvalue weighted by atomic mass is 10.2. The highest BCUT2D eigenvalue weighted by atomic mass is 79.9. The SMILES string of the molecule is O=C(Nc1c(Cl)cc(Cl)cc1Br)c1sc(-c2ccccc2Cl)nc1C(F)(F)F. The first-order valence-electron chi connectivity index (χ1n) is 7.36. The van der Waals surface area contributed by atoms with Gasteiger partial charge >= 0.3 is 6.18 Å². The molecule has 1 amide bonds. The smallest absolute Gasteiger partial charge is 0.319 e. The maximum absolute atomic E-state index is 13.5. The van der Waals surface area contributed by atoms with Crippen molar-refractivity contribution < 1.29 is 18.0 Å². The Morgan fingerprint density at radius 2 is 1.79 bits per heavy atom. The van der Waals surface area contributed by atoms with E-state index in [-0.39, 0.29) is 20.7 Å². The molecule has 2 aromatic carbocycles. The largest absolute Gasteiger partial charge is 0.435 e. The number of amides is 1. The molecule has 1 N–H and O–H groups in total. The second-order valence-electron chi connectivity index (χ2n) is 5.37. The molecule has 0 aliphatic carbocycles. The van der Waals surface area contributed by atoms with Crippen LogP contribution in [0.5, 0.6) is 0 Å². The third-order valence-corrected chi connectivity index (χ3v) is 6.01. The molecule has 0 spiro atoms. The summed E-state index contributed by atoms with van der Waals surface area (Å²) >= 11 is 21.7. The summed E-state index contributed by atoms with van der Waals surface area (Å²) in [6, 6.07) is 9.11. The summed E-state index contributed by atoms with van der Waals surface area (Å²) in [4.78, 5) is 15.6. The monoisotopic (exact) mass is 528 g/mol. The minimum absolute atomic E-state index is 0.0238. The molecule has 0 aliphatic heterocycles. The first-order valence-corrected chi connectivity index (χ1v) is 10.1. The number of alkyl halides is 3. The summed E-state index contributed by atoms with van der Waals surface area (Å²) in [6.45, 7) is 0. The van der Waals surface area contributed by atoms with Gasteiger partial charge in [-0.05, 0) is 34.1 Å². The van der Waals surface area contributed by atoms with Gasteiger partial charge < -0.3 is 5.32 Å². The highest BCUT2D eigenvalue weighted by Crippen LogP contribution is 2.41. The number of thiazole rings is 1. The number of benzene rings is 2. The zero-order valence-corrected chi connectivity index (χ0v) is 18.0. The molecular weight excluding hydrogens is 524 g/mol. The second kappa shape index (κ2) is 8.20. The van der Waals surface area contributed by atoms with Gasteiger partial charge in [0.25, 0.3) is 5.91 Å². The van der Waals surface area contributed by atoms with Crippen LogP contribution in [0.15, 0.2) is 40.9 Å². The molecule has 1 aromatic heterocycles. The van der Waals surface area contributed by atoms with E-state index in [0.717, 1.165) is 0 Å². The van der Waals surface area contributed by atoms with E-state index >= 15 is 0 Å². The maximum atomic E-state index is 13.5. The Morgan fingerprint density at radius 1 is 1.11 bits per heavy atom. The molecule has 11 heteroatoms. The van der Waals surface area contributed by atoms with Gasteiger partial charge in [0.15, 0.2) is 5.69 Å². The summed E-state index contributed by atoms with van der Waals surface area (Å²) in [6.07, 6.45) is -4.83. The number of nitrogens with zero attached hydrogens (tertiary/aromatic N) is 1. The van der Waals surface area contributed by atoms with Gasteiger partial charge in [-0.3, -0.25) is 4.79 Å². The van der Waals surface area contributed by atoms with E-state index in [0.29, 0.717) is 26.4 Å². The van der Waals surface area contributed by atoms with Gasteiger partial charge in [-0.25, -0.2) is 4.98 Å². The standard InChI is InChI=1S/C17H7BrCl3F3N2OS/c18-9-5-7(19)6-11(21)12(9)25-15(27)13-14(17(22,23)24)26-16(28-13)8-3-1-2-4-10(8)20/h1-6H,(H,25,27). The molecule has 1 heterocycles. The summed E-state index contributed by atoms with van der Waals surface area (Å²) < 4.78 is 40.7. The second-order valence-corrected chi connectivity index (χ2v) is 8.48. The average Bonchev–Trinajstić information content (AvgIpc) is 3.04. The van der Waals surface area contributed by atoms with Gasteiger partial charge in [-0.2, -0.15) is 13.2 Å². The van der Waals surface area contributed by atoms with Crippen LogP contribution < -0.4 is 5.32 Å². The van der Waals surface area contributed by atoms with Crippen LogP contribution in [0, 0.1) is 0 Å². The van der Waals surface area contributed by atoms with E-state index in [9.17, 15) is 18.0 Å². The lowest BCUT2D eigenvalue weighted by Gasteiger charge is -2.10. The zero-order chi connectivity index (χ0) is 20.6. The van der Waals surface area contributed by atoms with Crippen molar-refractivity contribution in [3.8, 4) is 10.6 Å². The zero-order valence-electron chi connectivity index (χ0n) is 13.4. The average molecular weight is 531 g/mol. The van der Waals surface area contributed by atoms with Crippen molar-refractivity contribution in [2.24, 2.45) is 0 Å². The number of carbonyl (C=O) groups excluding carboxylic acids is 1. The molecule has 146 valence electrons. The predicted octanol–water partition coefficient (Wildman–Crippen LogP) is 7.80. The van der Waals surface area contributed by atoms with Crippen molar-refractivity contribution in [2.75, 3.05) is 5.32 Å². The Balaban J connectivity index is 2.06. The molecule has 0 aliphatic rings. The molecule has 0 bridgehead atoms. The normalized spacial score (nSPS) is 11.5. The number of hydrogen-bond acceptors (Lipinski definition) is 3. The van der Waals surface area contributed by atoms with Crippen LogP contribution in [0.4, 0.5) is 18.9 Å². The topological polar surface area (TPSA) is 42.0 Å². The van der Waals surface area contributed by atoms with Crippen molar-refractivity contribution >= 4 is 73.7 Å². The third-order valence-electron chi connectivity index (χ3n) is 3.45. The van der Waals surface area contributed by atoms with Crippen LogP contribution in [0.1, 0.15) is 15.4 Å². The van der Waals surface area contributed by atoms with Crippen molar-refractivity contribution in [3.63, 3.8) is 0 Å². The number of anilines is 1. The number of rotatable bonds is 3. The molecule has 0 saturated carbocycles. The molecule has 0 saturated heterocycles. The minimum atomic E-state index is -4.83. The lowest BCUT2D eigenvalue weighted by Crippen LogP contribution is -2.17. The van der Waals surface area contributed by atoms with Gasteiger partial charge in [0, 0.05) is 15.1 Å². The van der Waals surface area contributed by atoms with Crippen LogP contribution in [0.25, 0.3) is 10.6 Å². The van der Waals surface area contributed by atoms with Gasteiger partial charge in [-0.1, -0.05) is 53.0 Å². The van der Waals surface area contributed by atoms with Crippen LogP contribution in [0.3, 0.4) is 0 Å². The molecule has 3 aromatic rings. The number of halogens is 7. The summed E-state index contributed by atoms with van der Waals surface area (Å²) in [5.74, 6) is -1.01. The van der Waals surface area contributed by atoms with Crippen molar-refractivity contribution in [2.45, 2.75) is 6.18 Å². The third kappa shape index (κ3) is 4.46. The maximum Gasteiger partial charge on any atom is 0.435 e. The van der Waals surface area contributed by atoms with Crippen molar-refractivity contribution in [3.05, 3.63) is 66.5 Å². The Hall–Kier alpha value is -1.32. The van der Waals surface area contributed by atoms with E-state index in [1.54, 1.807) is 12.1 Å². The highest BCUT2D eigenvalue weighted by Gasteiger charge is 2.40. The van der Waals surface area contributed by atoms with Crippen LogP contribution in [-0.4, -0.2) is 10.9 Å². The number of carbonyl (C=O) groups is 1. The quantitative estimate of drug-likeness (QED) is 0.375. The molecule has 0 atom stereocenters. The summed E-state index contributed by atoms with van der Waals surface area (Å²) in [5, 5.41) is 2.94. The Kier molecular flexibility index (Phi) is 6.26. The molecule has 0 fully saturated rings. The van der Waals surface area contributed by atoms with Gasteiger partial charge in [-0.15, -0.1) is 11.3 Å². The predicted molar refractivity (Wildman–Crippen MR) is 110 cm³/mol. The minimum Gasteiger partial charge on any atom is -0.319 e. The first kappa shape index (κ1) is 21.4. The van der Waals surface area contributed by atoms with Gasteiger partial charge in [0.05, 0.1) is 15.7 Å². The summed E-state index contributed by atoms with van der Waals surface area (Å²) in [7, 11) is 0. The molecule has 0 radical (unpaired) electrons. The van der Waals surface area contributed by atoms with E-state index in [2.05, 4.69) is 26.2 Å². The van der Waals surface area contributed by atoms with Crippen LogP contribution in [0.2, 0.25) is 15.1 Å². The van der Waals surface area contributed by atoms with Crippen LogP contribution in [-0.2, 0) is 6.18 Å². The van der Waals surface area contributed by atoms with Gasteiger partial charge in [0.2, 0.25) is 0 Å². The van der Waals surface area contributed by atoms with E-state index in [4.69, 9.17) is 34.8 Å². The fraction of sp³-hybridized carbons (Fsp3) is 0.0588. The fourth-order valence-electron chi connectivity index (χ4n) is 2.25. The van der Waals surface area contributed by atoms with Crippen LogP contribution >= 0.6 is 62.1 Å². The van der Waals surface area contributed by atoms with E-state index < -0.39 is 22.7 Å². The van der Waals surface area contributed by atoms with E-state index in [1.807, 2.05) is 0 Å². The van der Waals surface area contributed by atoms with Crippen molar-refractivity contribution in [1.29, 1.82) is 0 Å². The number of nitrogens with one attached hydrogen (secondary N) is 1. The fourth-order valence-corrected chi connectivity index (χ4v) is 4.90. The summed E-state index contributed by atoms with van der Waals surface area (Å²) in [5.41, 5.74) is -0.910. The molecule has 0 unspecified atom stereocenters. The number of hydrogen-bond donors (Lipinski definition) is 1. The van der Waals surface area contributed by atoms with E-state index in [1.165, 1.54) is 24.3 Å². The lowest BCUT2D eigenvalue weighted by molar-refractivity contribution is -0.140. The Morgan fingerprint density at radius 3 is 2.39 bits per heavy atom. The first-order chi connectivity index (χ1) is 13.1. The van der Waals surface area contributed by atoms with Gasteiger partial charge in [0.1, 0.15) is 9.88 Å². The Labute approximate surface area is 184 Å². The number of aromatic nitrogens is 1.